The molecule has 4 aromatic rings. The second-order valence-electron chi connectivity index (χ2n) is 9.61. The van der Waals surface area contributed by atoms with E-state index in [0.717, 1.165) is 11.3 Å². The number of anilines is 1. The van der Waals surface area contributed by atoms with Gasteiger partial charge in [-0.05, 0) is 55.0 Å². The fourth-order valence-corrected chi connectivity index (χ4v) is 4.59. The SMILES string of the molecule is Cc1cnc2cccc(OCc3c(Cl)ccc(N(C)C(=O)CNC(=O)/C=C/c4ccc(C(=O)N(C)C)cc4)c3Cl)c2n1.Cl. The minimum absolute atomic E-state index is 0. The predicted molar refractivity (Wildman–Crippen MR) is 172 cm³/mol. The fourth-order valence-electron chi connectivity index (χ4n) is 3.98. The molecule has 3 aromatic carbocycles. The number of aromatic nitrogens is 2. The molecule has 1 aromatic heterocycles. The van der Waals surface area contributed by atoms with E-state index in [1.54, 1.807) is 75.9 Å². The van der Waals surface area contributed by atoms with Crippen LogP contribution in [0.3, 0.4) is 0 Å². The number of hydrogen-bond acceptors (Lipinski definition) is 6. The maximum absolute atomic E-state index is 12.9. The van der Waals surface area contributed by atoms with Crippen molar-refractivity contribution in [2.24, 2.45) is 0 Å². The van der Waals surface area contributed by atoms with Gasteiger partial charge in [0, 0.05) is 49.6 Å². The maximum atomic E-state index is 12.9. The Bertz CT molecular complexity index is 1680. The topological polar surface area (TPSA) is 105 Å². The highest BCUT2D eigenvalue weighted by molar-refractivity contribution is 6.38. The van der Waals surface area contributed by atoms with E-state index < -0.39 is 5.91 Å². The molecule has 0 atom stereocenters. The van der Waals surface area contributed by atoms with Gasteiger partial charge >= 0.3 is 0 Å². The van der Waals surface area contributed by atoms with Crippen molar-refractivity contribution in [2.75, 3.05) is 32.6 Å². The van der Waals surface area contributed by atoms with Crippen LogP contribution in [0.1, 0.15) is 27.2 Å². The lowest BCUT2D eigenvalue weighted by Crippen LogP contribution is -2.37. The molecule has 4 rings (SSSR count). The molecule has 0 saturated heterocycles. The van der Waals surface area contributed by atoms with Gasteiger partial charge < -0.3 is 19.9 Å². The lowest BCUT2D eigenvalue weighted by molar-refractivity contribution is -0.122. The molecule has 43 heavy (non-hydrogen) atoms. The molecule has 0 bridgehead atoms. The van der Waals surface area contributed by atoms with Crippen molar-refractivity contribution >= 4 is 76.1 Å². The fraction of sp³-hybridized carbons (Fsp3) is 0.194. The van der Waals surface area contributed by atoms with Crippen molar-refractivity contribution in [3.8, 4) is 5.75 Å². The number of nitrogens with zero attached hydrogens (tertiary/aromatic N) is 4. The van der Waals surface area contributed by atoms with E-state index in [0.29, 0.717) is 38.6 Å². The van der Waals surface area contributed by atoms with E-state index in [1.807, 2.05) is 19.1 Å². The summed E-state index contributed by atoms with van der Waals surface area (Å²) in [4.78, 5) is 49.0. The van der Waals surface area contributed by atoms with E-state index in [-0.39, 0.29) is 42.4 Å². The first-order valence-electron chi connectivity index (χ1n) is 12.9. The standard InChI is InChI=1S/C31H29Cl2N5O4.ClH/c1-19-16-34-24-6-5-7-26(30(24)36-19)42-18-22-23(32)13-14-25(29(22)33)38(4)28(40)17-35-27(39)15-10-20-8-11-21(12-9-20)31(41)37(2)3;/h5-16H,17-18H2,1-4H3,(H,35,39);1H/b15-10+;. The summed E-state index contributed by atoms with van der Waals surface area (Å²) in [5.41, 5.74) is 4.26. The van der Waals surface area contributed by atoms with E-state index >= 15 is 0 Å². The number of carbonyl (C=O) groups is 3. The van der Waals surface area contributed by atoms with Crippen LogP contribution in [0.25, 0.3) is 17.1 Å². The zero-order valence-corrected chi connectivity index (χ0v) is 26.3. The summed E-state index contributed by atoms with van der Waals surface area (Å²) >= 11 is 13.1. The summed E-state index contributed by atoms with van der Waals surface area (Å²) in [6.45, 7) is 1.63. The van der Waals surface area contributed by atoms with Gasteiger partial charge in [-0.3, -0.25) is 19.4 Å². The van der Waals surface area contributed by atoms with Crippen LogP contribution in [0, 0.1) is 6.92 Å². The number of amides is 3. The van der Waals surface area contributed by atoms with Gasteiger partial charge in [0.25, 0.3) is 5.91 Å². The summed E-state index contributed by atoms with van der Waals surface area (Å²) in [5, 5.41) is 3.21. The number of ether oxygens (including phenoxy) is 1. The summed E-state index contributed by atoms with van der Waals surface area (Å²) in [6.07, 6.45) is 4.60. The van der Waals surface area contributed by atoms with E-state index in [2.05, 4.69) is 15.3 Å². The molecule has 0 unspecified atom stereocenters. The third kappa shape index (κ3) is 8.22. The number of benzene rings is 3. The van der Waals surface area contributed by atoms with Gasteiger partial charge in [0.2, 0.25) is 11.8 Å². The van der Waals surface area contributed by atoms with Gasteiger partial charge in [-0.25, -0.2) is 4.98 Å². The van der Waals surface area contributed by atoms with Crippen molar-refractivity contribution in [3.05, 3.63) is 99.3 Å². The first-order valence-corrected chi connectivity index (χ1v) is 13.7. The van der Waals surface area contributed by atoms with Crippen LogP contribution in [0.15, 0.2) is 66.9 Å². The molecule has 0 fully saturated rings. The Morgan fingerprint density at radius 3 is 2.42 bits per heavy atom. The molecule has 0 spiro atoms. The Kier molecular flexibility index (Phi) is 11.5. The van der Waals surface area contributed by atoms with E-state index in [9.17, 15) is 14.4 Å². The largest absolute Gasteiger partial charge is 0.486 e. The monoisotopic (exact) mass is 641 g/mol. The molecule has 1 heterocycles. The molecular formula is C31H30Cl3N5O4. The van der Waals surface area contributed by atoms with Crippen LogP contribution in [0.4, 0.5) is 5.69 Å². The van der Waals surface area contributed by atoms with Crippen molar-refractivity contribution in [3.63, 3.8) is 0 Å². The molecule has 0 aliphatic rings. The first kappa shape index (κ1) is 33.3. The van der Waals surface area contributed by atoms with Crippen LogP contribution >= 0.6 is 35.6 Å². The minimum atomic E-state index is -0.449. The van der Waals surface area contributed by atoms with Crippen LogP contribution in [-0.4, -0.2) is 60.3 Å². The highest BCUT2D eigenvalue weighted by Crippen LogP contribution is 2.35. The number of halogens is 3. The zero-order valence-electron chi connectivity index (χ0n) is 23.9. The second-order valence-corrected chi connectivity index (χ2v) is 10.4. The number of fused-ring (bicyclic) bond motifs is 1. The molecule has 224 valence electrons. The number of aryl methyl sites for hydroxylation is 1. The number of hydrogen-bond donors (Lipinski definition) is 1. The molecule has 0 aliphatic heterocycles. The smallest absolute Gasteiger partial charge is 0.253 e. The van der Waals surface area contributed by atoms with Gasteiger partial charge in [-0.15, -0.1) is 12.4 Å². The lowest BCUT2D eigenvalue weighted by atomic mass is 10.1. The van der Waals surface area contributed by atoms with Gasteiger partial charge in [0.1, 0.15) is 17.9 Å². The highest BCUT2D eigenvalue weighted by Gasteiger charge is 2.19. The van der Waals surface area contributed by atoms with E-state index in [1.165, 1.54) is 15.9 Å². The molecule has 0 radical (unpaired) electrons. The Morgan fingerprint density at radius 1 is 1.00 bits per heavy atom. The number of carbonyl (C=O) groups excluding carboxylic acids is 3. The summed E-state index contributed by atoms with van der Waals surface area (Å²) in [5.74, 6) is -0.422. The Balaban J connectivity index is 0.00000506. The quantitative estimate of drug-likeness (QED) is 0.234. The minimum Gasteiger partial charge on any atom is -0.486 e. The van der Waals surface area contributed by atoms with Crippen molar-refractivity contribution in [1.29, 1.82) is 0 Å². The first-order chi connectivity index (χ1) is 20.0. The highest BCUT2D eigenvalue weighted by atomic mass is 35.5. The average Bonchev–Trinajstić information content (AvgIpc) is 2.98. The molecule has 9 nitrogen and oxygen atoms in total. The van der Waals surface area contributed by atoms with Crippen LogP contribution < -0.4 is 15.0 Å². The number of likely N-dealkylation sites (N-methyl/N-ethyl adjacent to an activating group) is 1. The molecule has 1 N–H and O–H groups in total. The maximum Gasteiger partial charge on any atom is 0.253 e. The van der Waals surface area contributed by atoms with Crippen molar-refractivity contribution in [2.45, 2.75) is 13.5 Å². The second kappa shape index (κ2) is 14.8. The lowest BCUT2D eigenvalue weighted by Gasteiger charge is -2.21. The summed E-state index contributed by atoms with van der Waals surface area (Å²) in [7, 11) is 4.92. The average molecular weight is 643 g/mol. The Hall–Kier alpha value is -4.18. The van der Waals surface area contributed by atoms with Gasteiger partial charge in [-0.2, -0.15) is 0 Å². The normalized spacial score (nSPS) is 10.7. The van der Waals surface area contributed by atoms with Crippen LogP contribution in [0.2, 0.25) is 10.0 Å². The number of para-hydroxylation sites is 1. The summed E-state index contributed by atoms with van der Waals surface area (Å²) in [6, 6.07) is 15.6. The third-order valence-corrected chi connectivity index (χ3v) is 7.11. The van der Waals surface area contributed by atoms with E-state index in [4.69, 9.17) is 27.9 Å². The molecule has 3 amide bonds. The van der Waals surface area contributed by atoms with Gasteiger partial charge in [0.05, 0.1) is 28.5 Å². The third-order valence-electron chi connectivity index (χ3n) is 6.33. The predicted octanol–water partition coefficient (Wildman–Crippen LogP) is 5.74. The number of rotatable bonds is 9. The molecular weight excluding hydrogens is 613 g/mol. The van der Waals surface area contributed by atoms with Crippen molar-refractivity contribution in [1.82, 2.24) is 20.2 Å². The summed E-state index contributed by atoms with van der Waals surface area (Å²) < 4.78 is 6.03. The van der Waals surface area contributed by atoms with Crippen LogP contribution in [0.5, 0.6) is 5.75 Å². The number of nitrogens with one attached hydrogen (secondary N) is 1. The Morgan fingerprint density at radius 2 is 1.72 bits per heavy atom. The Labute approximate surface area is 265 Å². The van der Waals surface area contributed by atoms with Crippen molar-refractivity contribution < 1.29 is 19.1 Å². The molecule has 0 saturated carbocycles. The van der Waals surface area contributed by atoms with Gasteiger partial charge in [0.15, 0.2) is 0 Å². The van der Waals surface area contributed by atoms with Crippen LogP contribution in [-0.2, 0) is 16.2 Å². The molecule has 0 aliphatic carbocycles. The molecule has 12 heteroatoms. The van der Waals surface area contributed by atoms with Gasteiger partial charge in [-0.1, -0.05) is 41.4 Å². The zero-order chi connectivity index (χ0) is 30.4.